The average molecular weight is 547 g/mol. The lowest BCUT2D eigenvalue weighted by molar-refractivity contribution is -0.136. The minimum atomic E-state index is -1.45. The molecule has 38 heavy (non-hydrogen) atoms. The highest BCUT2D eigenvalue weighted by molar-refractivity contribution is 5.96. The van der Waals surface area contributed by atoms with Crippen LogP contribution in [0.25, 0.3) is 0 Å². The van der Waals surface area contributed by atoms with Crippen LogP contribution in [-0.2, 0) is 28.8 Å². The standard InChI is InChI=1S/C23H46N8O7/c1-12(2)10-15(25)21(35)27-14(4)20(34)30-18(13(3)31-38-5)23(37)29-17(11-32)22(36)28-16(19(26)33)8-6-7-9-24/h12-18,31-32H,6-11,24-25H2,1-5H3,(H2,26,33)(H,27,35)(H,28,36)(H,29,37)(H,30,34)/t13?,14-,15-,16-,17-,18-/m0/s1. The van der Waals surface area contributed by atoms with Crippen molar-refractivity contribution in [2.75, 3.05) is 20.3 Å². The molecule has 1 unspecified atom stereocenters. The van der Waals surface area contributed by atoms with Crippen molar-refractivity contribution < 1.29 is 33.9 Å². The van der Waals surface area contributed by atoms with Gasteiger partial charge in [0.25, 0.3) is 0 Å². The van der Waals surface area contributed by atoms with Gasteiger partial charge in [0.1, 0.15) is 24.2 Å². The van der Waals surface area contributed by atoms with Gasteiger partial charge in [-0.25, -0.2) is 0 Å². The van der Waals surface area contributed by atoms with Gasteiger partial charge in [-0.05, 0) is 52.0 Å². The molecule has 0 aromatic carbocycles. The quantitative estimate of drug-likeness (QED) is 0.0569. The van der Waals surface area contributed by atoms with E-state index in [4.69, 9.17) is 22.0 Å². The number of hydrogen-bond acceptors (Lipinski definition) is 10. The van der Waals surface area contributed by atoms with Gasteiger partial charge in [0.15, 0.2) is 0 Å². The minimum absolute atomic E-state index is 0.176. The van der Waals surface area contributed by atoms with Gasteiger partial charge in [0.05, 0.1) is 25.8 Å². The molecule has 6 atom stereocenters. The second-order valence-corrected chi connectivity index (χ2v) is 9.55. The molecule has 0 fully saturated rings. The van der Waals surface area contributed by atoms with E-state index >= 15 is 0 Å². The molecule has 0 rings (SSSR count). The summed E-state index contributed by atoms with van der Waals surface area (Å²) in [4.78, 5) is 67.3. The van der Waals surface area contributed by atoms with Crippen LogP contribution in [0.5, 0.6) is 0 Å². The number of hydrogen-bond donors (Lipinski definition) is 9. The summed E-state index contributed by atoms with van der Waals surface area (Å²) in [6, 6.07) is -6.39. The van der Waals surface area contributed by atoms with E-state index in [1.165, 1.54) is 21.0 Å². The van der Waals surface area contributed by atoms with E-state index in [1.54, 1.807) is 0 Å². The fourth-order valence-electron chi connectivity index (χ4n) is 3.46. The molecule has 0 aliphatic carbocycles. The summed E-state index contributed by atoms with van der Waals surface area (Å²) in [7, 11) is 1.31. The van der Waals surface area contributed by atoms with Crippen LogP contribution >= 0.6 is 0 Å². The largest absolute Gasteiger partial charge is 0.394 e. The Labute approximate surface area is 223 Å². The molecular formula is C23H46N8O7. The van der Waals surface area contributed by atoms with Gasteiger partial charge in [-0.1, -0.05) is 13.8 Å². The Bertz CT molecular complexity index is 783. The summed E-state index contributed by atoms with van der Waals surface area (Å²) in [6.07, 6.45) is 1.82. The molecular weight excluding hydrogens is 500 g/mol. The van der Waals surface area contributed by atoms with Crippen LogP contribution in [0.15, 0.2) is 0 Å². The van der Waals surface area contributed by atoms with Gasteiger partial charge in [-0.2, -0.15) is 5.48 Å². The zero-order valence-corrected chi connectivity index (χ0v) is 22.9. The third kappa shape index (κ3) is 13.1. The molecule has 0 aromatic rings. The van der Waals surface area contributed by atoms with Crippen molar-refractivity contribution >= 4 is 29.5 Å². The molecule has 12 N–H and O–H groups in total. The van der Waals surface area contributed by atoms with E-state index in [0.717, 1.165) is 0 Å². The molecule has 0 saturated heterocycles. The summed E-state index contributed by atoms with van der Waals surface area (Å²) in [5, 5.41) is 19.5. The Morgan fingerprint density at radius 2 is 1.45 bits per heavy atom. The Morgan fingerprint density at radius 3 is 1.95 bits per heavy atom. The fraction of sp³-hybridized carbons (Fsp3) is 0.783. The maximum atomic E-state index is 13.0. The highest BCUT2D eigenvalue weighted by Crippen LogP contribution is 2.04. The first-order valence-corrected chi connectivity index (χ1v) is 12.6. The van der Waals surface area contributed by atoms with Crippen molar-refractivity contribution in [1.29, 1.82) is 0 Å². The van der Waals surface area contributed by atoms with Crippen molar-refractivity contribution in [3.63, 3.8) is 0 Å². The molecule has 0 spiro atoms. The molecule has 0 aliphatic rings. The van der Waals surface area contributed by atoms with Crippen molar-refractivity contribution in [2.24, 2.45) is 23.1 Å². The van der Waals surface area contributed by atoms with Gasteiger partial charge in [0, 0.05) is 0 Å². The van der Waals surface area contributed by atoms with E-state index in [9.17, 15) is 29.1 Å². The molecule has 0 bridgehead atoms. The number of carbonyl (C=O) groups excluding carboxylic acids is 5. The molecule has 0 radical (unpaired) electrons. The molecule has 15 heteroatoms. The highest BCUT2D eigenvalue weighted by Gasteiger charge is 2.33. The normalized spacial score (nSPS) is 15.9. The summed E-state index contributed by atoms with van der Waals surface area (Å²) < 4.78 is 0. The van der Waals surface area contributed by atoms with Crippen molar-refractivity contribution in [1.82, 2.24) is 26.7 Å². The number of carbonyl (C=O) groups is 5. The lowest BCUT2D eigenvalue weighted by Crippen LogP contribution is -2.63. The summed E-state index contributed by atoms with van der Waals surface area (Å²) in [5.41, 5.74) is 19.2. The molecule has 0 aromatic heterocycles. The summed E-state index contributed by atoms with van der Waals surface area (Å²) in [5.74, 6) is -3.48. The Balaban J connectivity index is 5.40. The van der Waals surface area contributed by atoms with Crippen LogP contribution in [0.2, 0.25) is 0 Å². The maximum absolute atomic E-state index is 13.0. The van der Waals surface area contributed by atoms with Gasteiger partial charge in [-0.15, -0.1) is 0 Å². The molecule has 0 heterocycles. The van der Waals surface area contributed by atoms with Crippen molar-refractivity contribution in [3.05, 3.63) is 0 Å². The number of unbranched alkanes of at least 4 members (excludes halogenated alkanes) is 1. The van der Waals surface area contributed by atoms with Crippen LogP contribution in [0.1, 0.15) is 53.4 Å². The van der Waals surface area contributed by atoms with E-state index in [2.05, 4.69) is 26.7 Å². The maximum Gasteiger partial charge on any atom is 0.245 e. The second kappa shape index (κ2) is 18.4. The Hall–Kier alpha value is -2.85. The van der Waals surface area contributed by atoms with E-state index in [0.29, 0.717) is 25.8 Å². The van der Waals surface area contributed by atoms with E-state index in [1.807, 2.05) is 13.8 Å². The number of hydroxylamine groups is 1. The number of primary amides is 1. The predicted octanol–water partition coefficient (Wildman–Crippen LogP) is -3.54. The van der Waals surface area contributed by atoms with E-state index in [-0.39, 0.29) is 12.3 Å². The van der Waals surface area contributed by atoms with Gasteiger partial charge in [0.2, 0.25) is 29.5 Å². The van der Waals surface area contributed by atoms with Gasteiger partial charge < -0.3 is 48.4 Å². The van der Waals surface area contributed by atoms with Gasteiger partial charge in [-0.3, -0.25) is 24.0 Å². The molecule has 0 saturated carbocycles. The zero-order valence-electron chi connectivity index (χ0n) is 22.9. The number of aliphatic hydroxyl groups excluding tert-OH is 1. The Kier molecular flexibility index (Phi) is 17.0. The van der Waals surface area contributed by atoms with Gasteiger partial charge >= 0.3 is 0 Å². The lowest BCUT2D eigenvalue weighted by Gasteiger charge is -2.28. The third-order valence-corrected chi connectivity index (χ3v) is 5.62. The van der Waals surface area contributed by atoms with Crippen LogP contribution in [0.3, 0.4) is 0 Å². The SMILES string of the molecule is CONC(C)[C@H](NC(=O)[C@H](C)NC(=O)[C@@H](N)CC(C)C)C(=O)N[C@@H](CO)C(=O)N[C@@H](CCCCN)C(N)=O. The molecule has 15 nitrogen and oxygen atoms in total. The fourth-order valence-corrected chi connectivity index (χ4v) is 3.46. The van der Waals surface area contributed by atoms with Crippen molar-refractivity contribution in [3.8, 4) is 0 Å². The third-order valence-electron chi connectivity index (χ3n) is 5.62. The highest BCUT2D eigenvalue weighted by atomic mass is 16.6. The number of aliphatic hydroxyl groups is 1. The van der Waals surface area contributed by atoms with E-state index < -0.39 is 72.4 Å². The lowest BCUT2D eigenvalue weighted by atomic mass is 10.0. The molecule has 220 valence electrons. The Morgan fingerprint density at radius 1 is 0.842 bits per heavy atom. The first kappa shape index (κ1) is 35.2. The summed E-state index contributed by atoms with van der Waals surface area (Å²) in [6.45, 7) is 6.39. The first-order chi connectivity index (χ1) is 17.8. The average Bonchev–Trinajstić information content (AvgIpc) is 2.84. The molecule has 5 amide bonds. The zero-order chi connectivity index (χ0) is 29.4. The number of nitrogens with two attached hydrogens (primary N) is 3. The van der Waals surface area contributed by atoms with Crippen LogP contribution in [0, 0.1) is 5.92 Å². The number of rotatable bonds is 19. The predicted molar refractivity (Wildman–Crippen MR) is 140 cm³/mol. The minimum Gasteiger partial charge on any atom is -0.394 e. The first-order valence-electron chi connectivity index (χ1n) is 12.6. The van der Waals surface area contributed by atoms with Crippen molar-refractivity contribution in [2.45, 2.75) is 89.6 Å². The summed E-state index contributed by atoms with van der Waals surface area (Å²) >= 11 is 0. The second-order valence-electron chi connectivity index (χ2n) is 9.55. The van der Waals surface area contributed by atoms with Crippen LogP contribution in [0.4, 0.5) is 0 Å². The smallest absolute Gasteiger partial charge is 0.245 e. The number of nitrogens with one attached hydrogen (secondary N) is 5. The van der Waals surface area contributed by atoms with Crippen LogP contribution < -0.4 is 43.9 Å². The topological polar surface area (TPSA) is 253 Å². The number of amides is 5. The molecule has 0 aliphatic heterocycles. The monoisotopic (exact) mass is 546 g/mol. The van der Waals surface area contributed by atoms with Crippen LogP contribution in [-0.4, -0.2) is 91.2 Å².